The van der Waals surface area contributed by atoms with E-state index in [2.05, 4.69) is 26.1 Å². The SMILES string of the molecule is CC(C)(C)c1ccc(C(=O)NCCN)cc1. The Balaban J connectivity index is 2.75. The Hall–Kier alpha value is -1.35. The third kappa shape index (κ3) is 3.35. The number of rotatable bonds is 3. The van der Waals surface area contributed by atoms with Gasteiger partial charge in [-0.1, -0.05) is 32.9 Å². The highest BCUT2D eigenvalue weighted by Crippen LogP contribution is 2.22. The van der Waals surface area contributed by atoms with Gasteiger partial charge in [0, 0.05) is 18.7 Å². The molecule has 3 N–H and O–H groups in total. The van der Waals surface area contributed by atoms with E-state index in [1.807, 2.05) is 24.3 Å². The van der Waals surface area contributed by atoms with Crippen LogP contribution >= 0.6 is 0 Å². The van der Waals surface area contributed by atoms with Crippen molar-refractivity contribution in [1.29, 1.82) is 0 Å². The zero-order valence-electron chi connectivity index (χ0n) is 10.2. The minimum atomic E-state index is -0.0640. The normalized spacial score (nSPS) is 11.2. The molecular formula is C13H20N2O. The molecule has 1 rings (SSSR count). The molecule has 0 bridgehead atoms. The lowest BCUT2D eigenvalue weighted by Crippen LogP contribution is -2.29. The van der Waals surface area contributed by atoms with Gasteiger partial charge >= 0.3 is 0 Å². The van der Waals surface area contributed by atoms with Crippen LogP contribution < -0.4 is 11.1 Å². The second-order valence-electron chi connectivity index (χ2n) is 4.87. The monoisotopic (exact) mass is 220 g/mol. The molecule has 0 radical (unpaired) electrons. The second-order valence-corrected chi connectivity index (χ2v) is 4.87. The van der Waals surface area contributed by atoms with Crippen LogP contribution in [0.1, 0.15) is 36.7 Å². The maximum Gasteiger partial charge on any atom is 0.251 e. The Labute approximate surface area is 97.0 Å². The molecule has 1 amide bonds. The minimum absolute atomic E-state index is 0.0640. The van der Waals surface area contributed by atoms with Crippen molar-refractivity contribution in [3.63, 3.8) is 0 Å². The standard InChI is InChI=1S/C13H20N2O/c1-13(2,3)11-6-4-10(5-7-11)12(16)15-9-8-14/h4-7H,8-9,14H2,1-3H3,(H,15,16). The molecule has 88 valence electrons. The van der Waals surface area contributed by atoms with Crippen LogP contribution in [0.4, 0.5) is 0 Å². The number of nitrogens with one attached hydrogen (secondary N) is 1. The smallest absolute Gasteiger partial charge is 0.251 e. The zero-order valence-corrected chi connectivity index (χ0v) is 10.2. The van der Waals surface area contributed by atoms with Crippen LogP contribution in [-0.2, 0) is 5.41 Å². The Bertz CT molecular complexity index is 349. The lowest BCUT2D eigenvalue weighted by atomic mass is 9.87. The van der Waals surface area contributed by atoms with E-state index in [-0.39, 0.29) is 11.3 Å². The molecule has 0 aliphatic heterocycles. The predicted molar refractivity (Wildman–Crippen MR) is 66.5 cm³/mol. The Morgan fingerprint density at radius 2 is 1.81 bits per heavy atom. The van der Waals surface area contributed by atoms with Gasteiger partial charge < -0.3 is 11.1 Å². The molecule has 0 unspecified atom stereocenters. The first-order chi connectivity index (χ1) is 7.45. The molecule has 0 aromatic heterocycles. The number of hydrogen-bond donors (Lipinski definition) is 2. The van der Waals surface area contributed by atoms with E-state index in [4.69, 9.17) is 5.73 Å². The number of carbonyl (C=O) groups excluding carboxylic acids is 1. The number of nitrogens with two attached hydrogens (primary N) is 1. The van der Waals surface area contributed by atoms with Crippen molar-refractivity contribution in [2.24, 2.45) is 5.73 Å². The topological polar surface area (TPSA) is 55.1 Å². The average molecular weight is 220 g/mol. The van der Waals surface area contributed by atoms with E-state index in [9.17, 15) is 4.79 Å². The number of hydrogen-bond acceptors (Lipinski definition) is 2. The van der Waals surface area contributed by atoms with E-state index in [1.165, 1.54) is 5.56 Å². The molecule has 0 atom stereocenters. The van der Waals surface area contributed by atoms with Crippen molar-refractivity contribution in [1.82, 2.24) is 5.32 Å². The summed E-state index contributed by atoms with van der Waals surface area (Å²) in [6.45, 7) is 7.43. The van der Waals surface area contributed by atoms with Crippen molar-refractivity contribution < 1.29 is 4.79 Å². The Kier molecular flexibility index (Phi) is 4.07. The quantitative estimate of drug-likeness (QED) is 0.814. The molecule has 0 aliphatic rings. The van der Waals surface area contributed by atoms with Gasteiger partial charge in [0.05, 0.1) is 0 Å². The molecule has 3 heteroatoms. The maximum atomic E-state index is 11.6. The molecule has 16 heavy (non-hydrogen) atoms. The lowest BCUT2D eigenvalue weighted by Gasteiger charge is -2.19. The van der Waals surface area contributed by atoms with Crippen molar-refractivity contribution in [3.8, 4) is 0 Å². The van der Waals surface area contributed by atoms with Crippen molar-refractivity contribution in [2.45, 2.75) is 26.2 Å². The minimum Gasteiger partial charge on any atom is -0.351 e. The van der Waals surface area contributed by atoms with Gasteiger partial charge in [-0.15, -0.1) is 0 Å². The highest BCUT2D eigenvalue weighted by Gasteiger charge is 2.13. The van der Waals surface area contributed by atoms with Gasteiger partial charge in [-0.05, 0) is 23.1 Å². The molecule has 0 fully saturated rings. The summed E-state index contributed by atoms with van der Waals surface area (Å²) < 4.78 is 0. The molecular weight excluding hydrogens is 200 g/mol. The van der Waals surface area contributed by atoms with E-state index in [0.717, 1.165) is 0 Å². The lowest BCUT2D eigenvalue weighted by molar-refractivity contribution is 0.0954. The van der Waals surface area contributed by atoms with Crippen LogP contribution in [0.2, 0.25) is 0 Å². The molecule has 0 heterocycles. The average Bonchev–Trinajstić information content (AvgIpc) is 2.25. The molecule has 3 nitrogen and oxygen atoms in total. The zero-order chi connectivity index (χ0) is 12.2. The van der Waals surface area contributed by atoms with Crippen LogP contribution in [0.25, 0.3) is 0 Å². The molecule has 0 aliphatic carbocycles. The van der Waals surface area contributed by atoms with Crippen molar-refractivity contribution in [2.75, 3.05) is 13.1 Å². The van der Waals surface area contributed by atoms with Gasteiger partial charge in [-0.25, -0.2) is 0 Å². The summed E-state index contributed by atoms with van der Waals surface area (Å²) in [7, 11) is 0. The fourth-order valence-electron chi connectivity index (χ4n) is 1.41. The van der Waals surface area contributed by atoms with Gasteiger partial charge in [0.1, 0.15) is 0 Å². The summed E-state index contributed by atoms with van der Waals surface area (Å²) in [6, 6.07) is 7.70. The predicted octanol–water partition coefficient (Wildman–Crippen LogP) is 1.67. The second kappa shape index (κ2) is 5.12. The van der Waals surface area contributed by atoms with Gasteiger partial charge in [0.2, 0.25) is 0 Å². The van der Waals surface area contributed by atoms with Crippen LogP contribution in [0.3, 0.4) is 0 Å². The third-order valence-corrected chi connectivity index (χ3v) is 2.44. The van der Waals surface area contributed by atoms with Gasteiger partial charge in [-0.2, -0.15) is 0 Å². The summed E-state index contributed by atoms with van der Waals surface area (Å²) in [5.74, 6) is -0.0640. The first-order valence-electron chi connectivity index (χ1n) is 5.54. The fourth-order valence-corrected chi connectivity index (χ4v) is 1.41. The van der Waals surface area contributed by atoms with Crippen LogP contribution in [0.15, 0.2) is 24.3 Å². The number of carbonyl (C=O) groups is 1. The highest BCUT2D eigenvalue weighted by atomic mass is 16.1. The summed E-state index contributed by atoms with van der Waals surface area (Å²) in [4.78, 5) is 11.6. The number of benzene rings is 1. The van der Waals surface area contributed by atoms with E-state index >= 15 is 0 Å². The fraction of sp³-hybridized carbons (Fsp3) is 0.462. The van der Waals surface area contributed by atoms with Gasteiger partial charge in [-0.3, -0.25) is 4.79 Å². The molecule has 1 aromatic rings. The van der Waals surface area contributed by atoms with Gasteiger partial charge in [0.25, 0.3) is 5.91 Å². The largest absolute Gasteiger partial charge is 0.351 e. The Morgan fingerprint density at radius 1 is 1.25 bits per heavy atom. The number of amides is 1. The molecule has 0 saturated carbocycles. The molecule has 1 aromatic carbocycles. The first kappa shape index (κ1) is 12.7. The summed E-state index contributed by atoms with van der Waals surface area (Å²) in [5, 5.41) is 2.74. The van der Waals surface area contributed by atoms with E-state index in [0.29, 0.717) is 18.7 Å². The van der Waals surface area contributed by atoms with Crippen LogP contribution in [0.5, 0.6) is 0 Å². The third-order valence-electron chi connectivity index (χ3n) is 2.44. The van der Waals surface area contributed by atoms with E-state index in [1.54, 1.807) is 0 Å². The van der Waals surface area contributed by atoms with Crippen LogP contribution in [0, 0.1) is 0 Å². The summed E-state index contributed by atoms with van der Waals surface area (Å²) in [5.41, 5.74) is 7.35. The Morgan fingerprint density at radius 3 is 2.25 bits per heavy atom. The van der Waals surface area contributed by atoms with E-state index < -0.39 is 0 Å². The van der Waals surface area contributed by atoms with Gasteiger partial charge in [0.15, 0.2) is 0 Å². The van der Waals surface area contributed by atoms with Crippen LogP contribution in [-0.4, -0.2) is 19.0 Å². The first-order valence-corrected chi connectivity index (χ1v) is 5.54. The summed E-state index contributed by atoms with van der Waals surface area (Å²) >= 11 is 0. The molecule has 0 saturated heterocycles. The maximum absolute atomic E-state index is 11.6. The molecule has 0 spiro atoms. The van der Waals surface area contributed by atoms with Crippen molar-refractivity contribution in [3.05, 3.63) is 35.4 Å². The highest BCUT2D eigenvalue weighted by molar-refractivity contribution is 5.94. The summed E-state index contributed by atoms with van der Waals surface area (Å²) in [6.07, 6.45) is 0. The van der Waals surface area contributed by atoms with Crippen molar-refractivity contribution >= 4 is 5.91 Å².